The molecule has 1 spiro atoms. The maximum Gasteiger partial charge on any atom is 0.257 e. The zero-order chi connectivity index (χ0) is 19.8. The van der Waals surface area contributed by atoms with E-state index in [1.54, 1.807) is 6.26 Å². The molecular formula is C23H28N2O4. The molecule has 154 valence electrons. The van der Waals surface area contributed by atoms with Gasteiger partial charge >= 0.3 is 0 Å². The van der Waals surface area contributed by atoms with Crippen molar-refractivity contribution >= 4 is 22.8 Å². The summed E-state index contributed by atoms with van der Waals surface area (Å²) in [5, 5.41) is 0.879. The molecule has 4 heterocycles. The minimum Gasteiger partial charge on any atom is -0.463 e. The number of piperidine rings is 2. The summed E-state index contributed by atoms with van der Waals surface area (Å²) >= 11 is 0. The van der Waals surface area contributed by atoms with Crippen molar-refractivity contribution in [2.24, 2.45) is 5.41 Å². The lowest BCUT2D eigenvalue weighted by Crippen LogP contribution is -2.53. The molecule has 29 heavy (non-hydrogen) atoms. The van der Waals surface area contributed by atoms with Gasteiger partial charge in [0.05, 0.1) is 11.7 Å². The number of hydrogen-bond acceptors (Lipinski definition) is 4. The Balaban J connectivity index is 1.24. The van der Waals surface area contributed by atoms with Gasteiger partial charge in [0.1, 0.15) is 11.8 Å². The van der Waals surface area contributed by atoms with E-state index in [0.29, 0.717) is 12.0 Å². The van der Waals surface area contributed by atoms with Gasteiger partial charge in [-0.15, -0.1) is 0 Å². The van der Waals surface area contributed by atoms with Crippen LogP contribution in [0.25, 0.3) is 11.0 Å². The van der Waals surface area contributed by atoms with Crippen LogP contribution in [0, 0.1) is 5.41 Å². The largest absolute Gasteiger partial charge is 0.463 e. The van der Waals surface area contributed by atoms with Gasteiger partial charge in [0.15, 0.2) is 0 Å². The monoisotopic (exact) mass is 396 g/mol. The summed E-state index contributed by atoms with van der Waals surface area (Å²) in [4.78, 5) is 29.5. The van der Waals surface area contributed by atoms with E-state index in [1.807, 2.05) is 34.1 Å². The average molecular weight is 396 g/mol. The number of hydrogen-bond donors (Lipinski definition) is 0. The first-order valence-corrected chi connectivity index (χ1v) is 10.8. The van der Waals surface area contributed by atoms with Crippen LogP contribution in [0.1, 0.15) is 48.9 Å². The standard InChI is InChI=1S/C23H28N2O4/c26-21-7-8-23(16-25(21)14-17-4-3-13-28-17)9-11-24(12-10-23)22(27)19-15-29-20-6-2-1-5-18(19)20/h1-2,5-6,15,17H,3-4,7-14,16H2/t17-/m0/s1. The Hall–Kier alpha value is -2.34. The molecule has 2 aromatic rings. The molecule has 0 unspecified atom stereocenters. The van der Waals surface area contributed by atoms with Crippen LogP contribution in [0.3, 0.4) is 0 Å². The fourth-order valence-electron chi connectivity index (χ4n) is 5.21. The van der Waals surface area contributed by atoms with E-state index in [0.717, 1.165) is 75.9 Å². The van der Waals surface area contributed by atoms with E-state index in [9.17, 15) is 9.59 Å². The fraction of sp³-hybridized carbons (Fsp3) is 0.565. The molecule has 0 aliphatic carbocycles. The highest BCUT2D eigenvalue weighted by Crippen LogP contribution is 2.41. The van der Waals surface area contributed by atoms with Gasteiger partial charge in [-0.2, -0.15) is 0 Å². The minimum atomic E-state index is 0.0490. The lowest BCUT2D eigenvalue weighted by atomic mass is 9.72. The van der Waals surface area contributed by atoms with Crippen molar-refractivity contribution in [1.29, 1.82) is 0 Å². The molecule has 3 fully saturated rings. The molecule has 3 aliphatic heterocycles. The molecule has 3 saturated heterocycles. The maximum absolute atomic E-state index is 13.1. The molecule has 5 rings (SSSR count). The highest BCUT2D eigenvalue weighted by Gasteiger charge is 2.42. The highest BCUT2D eigenvalue weighted by atomic mass is 16.5. The van der Waals surface area contributed by atoms with Crippen LogP contribution < -0.4 is 0 Å². The first kappa shape index (κ1) is 18.7. The molecule has 1 atom stereocenters. The lowest BCUT2D eigenvalue weighted by Gasteiger charge is -2.47. The van der Waals surface area contributed by atoms with Crippen LogP contribution >= 0.6 is 0 Å². The summed E-state index contributed by atoms with van der Waals surface area (Å²) in [6, 6.07) is 7.67. The molecule has 6 heteroatoms. The molecule has 1 aromatic heterocycles. The fourth-order valence-corrected chi connectivity index (χ4v) is 5.21. The van der Waals surface area contributed by atoms with E-state index >= 15 is 0 Å². The number of nitrogens with zero attached hydrogens (tertiary/aromatic N) is 2. The number of likely N-dealkylation sites (tertiary alicyclic amines) is 2. The van der Waals surface area contributed by atoms with Crippen molar-refractivity contribution in [3.63, 3.8) is 0 Å². The molecule has 6 nitrogen and oxygen atoms in total. The van der Waals surface area contributed by atoms with E-state index < -0.39 is 0 Å². The Morgan fingerprint density at radius 1 is 1.17 bits per heavy atom. The van der Waals surface area contributed by atoms with Crippen LogP contribution in [-0.4, -0.2) is 60.5 Å². The highest BCUT2D eigenvalue weighted by molar-refractivity contribution is 6.05. The number of carbonyl (C=O) groups is 2. The number of rotatable bonds is 3. The number of ether oxygens (including phenoxy) is 1. The molecule has 0 N–H and O–H groups in total. The molecule has 0 bridgehead atoms. The van der Waals surface area contributed by atoms with Gasteiger partial charge in [-0.25, -0.2) is 0 Å². The number of furan rings is 1. The second-order valence-electron chi connectivity index (χ2n) is 8.85. The van der Waals surface area contributed by atoms with Gasteiger partial charge in [0.25, 0.3) is 5.91 Å². The predicted molar refractivity (Wildman–Crippen MR) is 109 cm³/mol. The first-order chi connectivity index (χ1) is 14.1. The molecule has 2 amide bonds. The van der Waals surface area contributed by atoms with Crippen molar-refractivity contribution in [2.45, 2.75) is 44.6 Å². The normalized spacial score (nSPS) is 24.6. The lowest BCUT2D eigenvalue weighted by molar-refractivity contribution is -0.141. The second-order valence-corrected chi connectivity index (χ2v) is 8.85. The summed E-state index contributed by atoms with van der Waals surface area (Å²) in [5.74, 6) is 0.308. The third kappa shape index (κ3) is 3.54. The van der Waals surface area contributed by atoms with Gasteiger partial charge in [-0.3, -0.25) is 9.59 Å². The SMILES string of the molecule is O=C1CCC2(CCN(C(=O)c3coc4ccccc34)CC2)CN1C[C@@H]1CCCO1. The zero-order valence-corrected chi connectivity index (χ0v) is 16.8. The van der Waals surface area contributed by atoms with Crippen LogP contribution in [0.4, 0.5) is 0 Å². The summed E-state index contributed by atoms with van der Waals surface area (Å²) in [7, 11) is 0. The molecule has 1 aromatic carbocycles. The minimum absolute atomic E-state index is 0.0490. The molecule has 3 aliphatic rings. The van der Waals surface area contributed by atoms with Gasteiger partial charge in [-0.1, -0.05) is 18.2 Å². The van der Waals surface area contributed by atoms with Crippen LogP contribution in [0.2, 0.25) is 0 Å². The number of carbonyl (C=O) groups excluding carboxylic acids is 2. The van der Waals surface area contributed by atoms with Crippen molar-refractivity contribution in [3.05, 3.63) is 36.1 Å². The topological polar surface area (TPSA) is 63.0 Å². The average Bonchev–Trinajstić information content (AvgIpc) is 3.41. The van der Waals surface area contributed by atoms with Crippen LogP contribution in [-0.2, 0) is 9.53 Å². The smallest absolute Gasteiger partial charge is 0.257 e. The van der Waals surface area contributed by atoms with Crippen molar-refractivity contribution in [2.75, 3.05) is 32.8 Å². The number of para-hydroxylation sites is 1. The predicted octanol–water partition coefficient (Wildman–Crippen LogP) is 3.46. The van der Waals surface area contributed by atoms with E-state index in [4.69, 9.17) is 9.15 Å². The van der Waals surface area contributed by atoms with Gasteiger partial charge < -0.3 is 19.0 Å². The van der Waals surface area contributed by atoms with Gasteiger partial charge in [-0.05, 0) is 43.6 Å². The Kier molecular flexibility index (Phi) is 4.82. The Morgan fingerprint density at radius 2 is 2.00 bits per heavy atom. The van der Waals surface area contributed by atoms with Gasteiger partial charge in [0.2, 0.25) is 5.91 Å². The third-order valence-corrected chi connectivity index (χ3v) is 7.02. The Bertz CT molecular complexity index is 906. The Morgan fingerprint density at radius 3 is 2.79 bits per heavy atom. The van der Waals surface area contributed by atoms with E-state index in [2.05, 4.69) is 0 Å². The second kappa shape index (κ2) is 7.48. The number of amides is 2. The molecular weight excluding hydrogens is 368 g/mol. The summed E-state index contributed by atoms with van der Waals surface area (Å²) in [6.07, 6.45) is 7.38. The molecule has 0 radical (unpaired) electrons. The number of benzene rings is 1. The first-order valence-electron chi connectivity index (χ1n) is 10.8. The molecule has 0 saturated carbocycles. The quantitative estimate of drug-likeness (QED) is 0.797. The van der Waals surface area contributed by atoms with Crippen molar-refractivity contribution in [3.8, 4) is 0 Å². The van der Waals surface area contributed by atoms with E-state index in [-0.39, 0.29) is 23.3 Å². The van der Waals surface area contributed by atoms with Gasteiger partial charge in [0, 0.05) is 44.6 Å². The van der Waals surface area contributed by atoms with Crippen molar-refractivity contribution < 1.29 is 18.7 Å². The Labute approximate surface area is 170 Å². The summed E-state index contributed by atoms with van der Waals surface area (Å²) in [6.45, 7) is 3.82. The van der Waals surface area contributed by atoms with Crippen LogP contribution in [0.5, 0.6) is 0 Å². The maximum atomic E-state index is 13.1. The summed E-state index contributed by atoms with van der Waals surface area (Å²) < 4.78 is 11.3. The van der Waals surface area contributed by atoms with Crippen molar-refractivity contribution in [1.82, 2.24) is 9.80 Å². The summed E-state index contributed by atoms with van der Waals surface area (Å²) in [5.41, 5.74) is 1.54. The van der Waals surface area contributed by atoms with E-state index in [1.165, 1.54) is 0 Å². The zero-order valence-electron chi connectivity index (χ0n) is 16.8. The number of fused-ring (bicyclic) bond motifs is 1. The van der Waals surface area contributed by atoms with Crippen LogP contribution in [0.15, 0.2) is 34.9 Å². The third-order valence-electron chi connectivity index (χ3n) is 7.02.